The molecular formula is C17H24N2O2. The number of carbonyl (C=O) groups is 1. The molecule has 0 aromatic heterocycles. The minimum absolute atomic E-state index is 0.0939. The van der Waals surface area contributed by atoms with Crippen molar-refractivity contribution >= 4 is 5.91 Å². The molecule has 0 radical (unpaired) electrons. The fraction of sp³-hybridized carbons (Fsp3) is 0.588. The highest BCUT2D eigenvalue weighted by Gasteiger charge is 2.35. The smallest absolute Gasteiger partial charge is 0.225 e. The monoisotopic (exact) mass is 288 g/mol. The van der Waals surface area contributed by atoms with Crippen molar-refractivity contribution in [2.24, 2.45) is 5.92 Å². The molecule has 1 N–H and O–H groups in total. The lowest BCUT2D eigenvalue weighted by Crippen LogP contribution is -2.49. The molecule has 1 aliphatic carbocycles. The number of piperazine rings is 1. The van der Waals surface area contributed by atoms with E-state index >= 15 is 0 Å². The van der Waals surface area contributed by atoms with E-state index in [0.717, 1.165) is 44.6 Å². The van der Waals surface area contributed by atoms with Gasteiger partial charge < -0.3 is 10.0 Å². The van der Waals surface area contributed by atoms with Crippen LogP contribution in [0.5, 0.6) is 0 Å². The molecule has 0 bridgehead atoms. The maximum Gasteiger partial charge on any atom is 0.225 e. The molecule has 1 saturated heterocycles. The molecule has 1 aromatic carbocycles. The molecule has 0 spiro atoms. The number of nitrogens with zero attached hydrogens (tertiary/aromatic N) is 2. The van der Waals surface area contributed by atoms with Gasteiger partial charge in [0, 0.05) is 38.1 Å². The van der Waals surface area contributed by atoms with Gasteiger partial charge in [-0.15, -0.1) is 0 Å². The van der Waals surface area contributed by atoms with Crippen LogP contribution in [0.15, 0.2) is 24.3 Å². The molecular weight excluding hydrogens is 264 g/mol. The van der Waals surface area contributed by atoms with Crippen molar-refractivity contribution in [3.63, 3.8) is 0 Å². The Morgan fingerprint density at radius 1 is 1.19 bits per heavy atom. The van der Waals surface area contributed by atoms with E-state index in [-0.39, 0.29) is 6.61 Å². The van der Waals surface area contributed by atoms with Crippen LogP contribution in [0.3, 0.4) is 0 Å². The summed E-state index contributed by atoms with van der Waals surface area (Å²) in [6.07, 6.45) is 2.18. The quantitative estimate of drug-likeness (QED) is 0.918. The lowest BCUT2D eigenvalue weighted by Gasteiger charge is -2.38. The van der Waals surface area contributed by atoms with Gasteiger partial charge in [-0.1, -0.05) is 24.3 Å². The number of hydrogen-bond acceptors (Lipinski definition) is 3. The zero-order valence-electron chi connectivity index (χ0n) is 12.7. The molecule has 4 heteroatoms. The van der Waals surface area contributed by atoms with E-state index < -0.39 is 0 Å². The van der Waals surface area contributed by atoms with E-state index in [1.165, 1.54) is 5.56 Å². The summed E-state index contributed by atoms with van der Waals surface area (Å²) in [7, 11) is 0. The Bertz CT molecular complexity index is 488. The summed E-state index contributed by atoms with van der Waals surface area (Å²) >= 11 is 0. The second kappa shape index (κ2) is 6.16. The van der Waals surface area contributed by atoms with Gasteiger partial charge in [-0.2, -0.15) is 0 Å². The molecule has 1 atom stereocenters. The van der Waals surface area contributed by atoms with Crippen LogP contribution < -0.4 is 0 Å². The predicted octanol–water partition coefficient (Wildman–Crippen LogP) is 1.79. The van der Waals surface area contributed by atoms with Gasteiger partial charge in [-0.05, 0) is 30.9 Å². The van der Waals surface area contributed by atoms with Crippen LogP contribution in [0.1, 0.15) is 36.9 Å². The van der Waals surface area contributed by atoms with E-state index in [1.54, 1.807) is 0 Å². The molecule has 2 fully saturated rings. The van der Waals surface area contributed by atoms with Gasteiger partial charge in [-0.3, -0.25) is 9.69 Å². The maximum atomic E-state index is 12.1. The SMILES string of the molecule is C[C@H](c1ccc(CO)cc1)N1CCN(C(=O)C2CC2)CC1. The van der Waals surface area contributed by atoms with E-state index in [1.807, 2.05) is 17.0 Å². The van der Waals surface area contributed by atoms with Crippen molar-refractivity contribution in [1.82, 2.24) is 9.80 Å². The predicted molar refractivity (Wildman–Crippen MR) is 81.7 cm³/mol. The molecule has 1 aromatic rings. The van der Waals surface area contributed by atoms with E-state index in [9.17, 15) is 4.79 Å². The number of amides is 1. The van der Waals surface area contributed by atoms with Crippen LogP contribution in [-0.4, -0.2) is 47.0 Å². The third kappa shape index (κ3) is 3.27. The lowest BCUT2D eigenvalue weighted by molar-refractivity contribution is -0.134. The topological polar surface area (TPSA) is 43.8 Å². The van der Waals surface area contributed by atoms with E-state index in [4.69, 9.17) is 5.11 Å². The lowest BCUT2D eigenvalue weighted by atomic mass is 10.0. The van der Waals surface area contributed by atoms with Crippen molar-refractivity contribution in [3.8, 4) is 0 Å². The van der Waals surface area contributed by atoms with Gasteiger partial charge >= 0.3 is 0 Å². The average Bonchev–Trinajstić information content (AvgIpc) is 3.39. The third-order valence-corrected chi connectivity index (χ3v) is 4.74. The van der Waals surface area contributed by atoms with E-state index in [2.05, 4.69) is 24.0 Å². The highest BCUT2D eigenvalue weighted by atomic mass is 16.3. The van der Waals surface area contributed by atoms with E-state index in [0.29, 0.717) is 17.9 Å². The van der Waals surface area contributed by atoms with Crippen LogP contribution in [0.4, 0.5) is 0 Å². The zero-order chi connectivity index (χ0) is 14.8. The number of aliphatic hydroxyl groups excluding tert-OH is 1. The molecule has 1 aliphatic heterocycles. The Kier molecular flexibility index (Phi) is 4.27. The van der Waals surface area contributed by atoms with Crippen LogP contribution in [0, 0.1) is 5.92 Å². The molecule has 2 aliphatic rings. The summed E-state index contributed by atoms with van der Waals surface area (Å²) in [5, 5.41) is 9.10. The van der Waals surface area contributed by atoms with Gasteiger partial charge in [0.25, 0.3) is 0 Å². The Morgan fingerprint density at radius 2 is 1.81 bits per heavy atom. The summed E-state index contributed by atoms with van der Waals surface area (Å²) in [5.41, 5.74) is 2.22. The number of aliphatic hydroxyl groups is 1. The molecule has 1 saturated carbocycles. The largest absolute Gasteiger partial charge is 0.392 e. The second-order valence-corrected chi connectivity index (χ2v) is 6.21. The van der Waals surface area contributed by atoms with Crippen LogP contribution in [0.25, 0.3) is 0 Å². The minimum atomic E-state index is 0.0939. The van der Waals surface area contributed by atoms with Crippen molar-refractivity contribution < 1.29 is 9.90 Å². The fourth-order valence-corrected chi connectivity index (χ4v) is 3.03. The number of benzene rings is 1. The molecule has 0 unspecified atom stereocenters. The normalized spacial score (nSPS) is 21.3. The van der Waals surface area contributed by atoms with Crippen LogP contribution >= 0.6 is 0 Å². The number of carbonyl (C=O) groups excluding carboxylic acids is 1. The number of rotatable bonds is 4. The first-order valence-electron chi connectivity index (χ1n) is 7.91. The average molecular weight is 288 g/mol. The van der Waals surface area contributed by atoms with Crippen molar-refractivity contribution in [1.29, 1.82) is 0 Å². The standard InChI is InChI=1S/C17H24N2O2/c1-13(15-4-2-14(12-20)3-5-15)18-8-10-19(11-9-18)17(21)16-6-7-16/h2-5,13,16,20H,6-12H2,1H3/t13-/m1/s1. The zero-order valence-corrected chi connectivity index (χ0v) is 12.7. The number of hydrogen-bond donors (Lipinski definition) is 1. The van der Waals surface area contributed by atoms with Crippen molar-refractivity contribution in [2.45, 2.75) is 32.4 Å². The van der Waals surface area contributed by atoms with Crippen molar-refractivity contribution in [3.05, 3.63) is 35.4 Å². The van der Waals surface area contributed by atoms with Gasteiger partial charge in [-0.25, -0.2) is 0 Å². The Hall–Kier alpha value is -1.39. The fourth-order valence-electron chi connectivity index (χ4n) is 3.03. The minimum Gasteiger partial charge on any atom is -0.392 e. The van der Waals surface area contributed by atoms with Crippen LogP contribution in [-0.2, 0) is 11.4 Å². The van der Waals surface area contributed by atoms with Gasteiger partial charge in [0.1, 0.15) is 0 Å². The Balaban J connectivity index is 1.56. The highest BCUT2D eigenvalue weighted by Crippen LogP contribution is 2.31. The highest BCUT2D eigenvalue weighted by molar-refractivity contribution is 5.81. The summed E-state index contributed by atoms with van der Waals surface area (Å²) in [5.74, 6) is 0.703. The van der Waals surface area contributed by atoms with Gasteiger partial charge in [0.05, 0.1) is 6.61 Å². The van der Waals surface area contributed by atoms with Crippen molar-refractivity contribution in [2.75, 3.05) is 26.2 Å². The Morgan fingerprint density at radius 3 is 2.33 bits per heavy atom. The maximum absolute atomic E-state index is 12.1. The summed E-state index contributed by atoms with van der Waals surface area (Å²) < 4.78 is 0. The van der Waals surface area contributed by atoms with Gasteiger partial charge in [0.15, 0.2) is 0 Å². The summed E-state index contributed by atoms with van der Waals surface area (Å²) in [6.45, 7) is 5.91. The van der Waals surface area contributed by atoms with Gasteiger partial charge in [0.2, 0.25) is 5.91 Å². The second-order valence-electron chi connectivity index (χ2n) is 6.21. The first-order chi connectivity index (χ1) is 10.2. The first-order valence-corrected chi connectivity index (χ1v) is 7.91. The molecule has 3 rings (SSSR count). The summed E-state index contributed by atoms with van der Waals surface area (Å²) in [6, 6.07) is 8.52. The van der Waals surface area contributed by atoms with Crippen LogP contribution in [0.2, 0.25) is 0 Å². The molecule has 4 nitrogen and oxygen atoms in total. The molecule has 114 valence electrons. The summed E-state index contributed by atoms with van der Waals surface area (Å²) in [4.78, 5) is 16.5. The molecule has 21 heavy (non-hydrogen) atoms. The first kappa shape index (κ1) is 14.5. The Labute approximate surface area is 126 Å². The molecule has 1 heterocycles. The molecule has 1 amide bonds. The third-order valence-electron chi connectivity index (χ3n) is 4.74.